The number of halogens is 2. The summed E-state index contributed by atoms with van der Waals surface area (Å²) in [7, 11) is -3.67. The molecular formula is C12H10BrClN2O2S. The van der Waals surface area contributed by atoms with Gasteiger partial charge in [-0.3, -0.25) is 4.72 Å². The van der Waals surface area contributed by atoms with E-state index in [4.69, 9.17) is 11.6 Å². The fourth-order valence-corrected chi connectivity index (χ4v) is 3.19. The monoisotopic (exact) mass is 360 g/mol. The molecule has 2 rings (SSSR count). The summed E-state index contributed by atoms with van der Waals surface area (Å²) in [6, 6.07) is 8.06. The van der Waals surface area contributed by atoms with Crippen molar-refractivity contribution in [3.63, 3.8) is 0 Å². The molecule has 0 fully saturated rings. The van der Waals surface area contributed by atoms with Gasteiger partial charge in [-0.1, -0.05) is 33.6 Å². The van der Waals surface area contributed by atoms with E-state index in [0.717, 1.165) is 10.0 Å². The van der Waals surface area contributed by atoms with E-state index in [-0.39, 0.29) is 10.0 Å². The fourth-order valence-electron chi connectivity index (χ4n) is 1.46. The van der Waals surface area contributed by atoms with E-state index in [1.807, 2.05) is 19.1 Å². The van der Waals surface area contributed by atoms with Gasteiger partial charge in [0.15, 0.2) is 0 Å². The maximum absolute atomic E-state index is 12.2. The van der Waals surface area contributed by atoms with Crippen LogP contribution in [0.4, 0.5) is 5.69 Å². The third-order valence-corrected chi connectivity index (χ3v) is 4.52. The van der Waals surface area contributed by atoms with Gasteiger partial charge in [0.2, 0.25) is 0 Å². The minimum absolute atomic E-state index is 0.0758. The molecule has 0 aliphatic heterocycles. The third kappa shape index (κ3) is 3.46. The van der Waals surface area contributed by atoms with E-state index in [1.165, 1.54) is 18.3 Å². The minimum atomic E-state index is -3.67. The molecule has 0 spiro atoms. The fraction of sp³-hybridized carbons (Fsp3) is 0.0833. The molecule has 0 aliphatic carbocycles. The highest BCUT2D eigenvalue weighted by atomic mass is 79.9. The number of aromatic nitrogens is 1. The first-order chi connectivity index (χ1) is 8.88. The zero-order valence-corrected chi connectivity index (χ0v) is 13.1. The Morgan fingerprint density at radius 3 is 2.68 bits per heavy atom. The van der Waals surface area contributed by atoms with Crippen LogP contribution < -0.4 is 4.72 Å². The topological polar surface area (TPSA) is 59.1 Å². The Morgan fingerprint density at radius 2 is 2.00 bits per heavy atom. The van der Waals surface area contributed by atoms with Gasteiger partial charge in [0.05, 0.1) is 10.6 Å². The first kappa shape index (κ1) is 14.3. The lowest BCUT2D eigenvalue weighted by molar-refractivity contribution is 0.601. The molecule has 100 valence electrons. The van der Waals surface area contributed by atoms with E-state index in [1.54, 1.807) is 6.07 Å². The van der Waals surface area contributed by atoms with Crippen LogP contribution in [0, 0.1) is 6.92 Å². The van der Waals surface area contributed by atoms with Crippen LogP contribution in [0.3, 0.4) is 0 Å². The van der Waals surface area contributed by atoms with Gasteiger partial charge in [-0.15, -0.1) is 0 Å². The molecule has 0 saturated carbocycles. The Kier molecular flexibility index (Phi) is 4.13. The van der Waals surface area contributed by atoms with Crippen LogP contribution >= 0.6 is 27.5 Å². The summed E-state index contributed by atoms with van der Waals surface area (Å²) >= 11 is 9.01. The second-order valence-corrected chi connectivity index (χ2v) is 6.86. The average Bonchev–Trinajstić information content (AvgIpc) is 2.33. The maximum Gasteiger partial charge on any atom is 0.262 e. The highest BCUT2D eigenvalue weighted by molar-refractivity contribution is 9.10. The van der Waals surface area contributed by atoms with E-state index < -0.39 is 10.0 Å². The van der Waals surface area contributed by atoms with Crippen molar-refractivity contribution >= 4 is 43.2 Å². The van der Waals surface area contributed by atoms with Gasteiger partial charge in [0.25, 0.3) is 10.0 Å². The molecule has 2 aromatic rings. The molecule has 0 unspecified atom stereocenters. The molecule has 1 aromatic carbocycles. The molecule has 1 heterocycles. The molecule has 0 atom stereocenters. The number of anilines is 1. The summed E-state index contributed by atoms with van der Waals surface area (Å²) < 4.78 is 27.7. The van der Waals surface area contributed by atoms with Crippen molar-refractivity contribution in [2.45, 2.75) is 11.8 Å². The summed E-state index contributed by atoms with van der Waals surface area (Å²) in [5.41, 5.74) is 1.34. The Balaban J connectivity index is 2.39. The Labute approximate surface area is 125 Å². The van der Waals surface area contributed by atoms with Crippen molar-refractivity contribution in [3.05, 3.63) is 51.7 Å². The standard InChI is InChI=1S/C12H10BrClN2O2S/c1-8-2-3-9(13)6-11(8)16-19(17,18)10-4-5-15-12(14)7-10/h2-7,16H,1H3. The van der Waals surface area contributed by atoms with Crippen LogP contribution in [0.5, 0.6) is 0 Å². The number of rotatable bonds is 3. The SMILES string of the molecule is Cc1ccc(Br)cc1NS(=O)(=O)c1ccnc(Cl)c1. The van der Waals surface area contributed by atoms with E-state index in [0.29, 0.717) is 5.69 Å². The van der Waals surface area contributed by atoms with Crippen molar-refractivity contribution < 1.29 is 8.42 Å². The molecule has 19 heavy (non-hydrogen) atoms. The second kappa shape index (κ2) is 5.48. The lowest BCUT2D eigenvalue weighted by Gasteiger charge is -2.11. The highest BCUT2D eigenvalue weighted by Gasteiger charge is 2.16. The lowest BCUT2D eigenvalue weighted by Crippen LogP contribution is -2.13. The highest BCUT2D eigenvalue weighted by Crippen LogP contribution is 2.24. The predicted octanol–water partition coefficient (Wildman–Crippen LogP) is 3.61. The van der Waals surface area contributed by atoms with Crippen LogP contribution in [0.25, 0.3) is 0 Å². The number of pyridine rings is 1. The zero-order chi connectivity index (χ0) is 14.0. The van der Waals surface area contributed by atoms with E-state index in [2.05, 4.69) is 25.6 Å². The zero-order valence-electron chi connectivity index (χ0n) is 9.89. The molecule has 0 amide bonds. The Hall–Kier alpha value is -1.11. The minimum Gasteiger partial charge on any atom is -0.279 e. The first-order valence-corrected chi connectivity index (χ1v) is 7.94. The predicted molar refractivity (Wildman–Crippen MR) is 78.9 cm³/mol. The second-order valence-electron chi connectivity index (χ2n) is 3.88. The van der Waals surface area contributed by atoms with Crippen molar-refractivity contribution in [2.24, 2.45) is 0 Å². The summed E-state index contributed by atoms with van der Waals surface area (Å²) in [5.74, 6) is 0. The van der Waals surface area contributed by atoms with Crippen LogP contribution in [-0.4, -0.2) is 13.4 Å². The lowest BCUT2D eigenvalue weighted by atomic mass is 10.2. The first-order valence-electron chi connectivity index (χ1n) is 5.29. The van der Waals surface area contributed by atoms with Gasteiger partial charge < -0.3 is 0 Å². The number of hydrogen-bond acceptors (Lipinski definition) is 3. The third-order valence-electron chi connectivity index (χ3n) is 2.45. The van der Waals surface area contributed by atoms with Gasteiger partial charge in [-0.05, 0) is 36.8 Å². The molecule has 0 bridgehead atoms. The Bertz CT molecular complexity index is 719. The number of nitrogens with zero attached hydrogens (tertiary/aromatic N) is 1. The summed E-state index contributed by atoms with van der Waals surface area (Å²) in [6.45, 7) is 1.82. The molecular weight excluding hydrogens is 352 g/mol. The van der Waals surface area contributed by atoms with Crippen molar-refractivity contribution in [2.75, 3.05) is 4.72 Å². The van der Waals surface area contributed by atoms with E-state index in [9.17, 15) is 8.42 Å². The smallest absolute Gasteiger partial charge is 0.262 e. The van der Waals surface area contributed by atoms with Crippen LogP contribution in [0.15, 0.2) is 45.9 Å². The van der Waals surface area contributed by atoms with Crippen molar-refractivity contribution in [1.29, 1.82) is 0 Å². The molecule has 1 aromatic heterocycles. The maximum atomic E-state index is 12.2. The molecule has 7 heteroatoms. The number of sulfonamides is 1. The number of benzene rings is 1. The molecule has 0 saturated heterocycles. The van der Waals surface area contributed by atoms with Gasteiger partial charge in [-0.25, -0.2) is 13.4 Å². The summed E-state index contributed by atoms with van der Waals surface area (Å²) in [4.78, 5) is 3.83. The summed E-state index contributed by atoms with van der Waals surface area (Å²) in [5, 5.41) is 0.133. The molecule has 0 aliphatic rings. The summed E-state index contributed by atoms with van der Waals surface area (Å²) in [6.07, 6.45) is 1.35. The van der Waals surface area contributed by atoms with Gasteiger partial charge in [0, 0.05) is 10.7 Å². The number of hydrogen-bond donors (Lipinski definition) is 1. The van der Waals surface area contributed by atoms with Crippen LogP contribution in [0.2, 0.25) is 5.15 Å². The van der Waals surface area contributed by atoms with Gasteiger partial charge in [-0.2, -0.15) is 0 Å². The molecule has 4 nitrogen and oxygen atoms in total. The normalized spacial score (nSPS) is 11.3. The molecule has 0 radical (unpaired) electrons. The van der Waals surface area contributed by atoms with Gasteiger partial charge >= 0.3 is 0 Å². The van der Waals surface area contributed by atoms with E-state index >= 15 is 0 Å². The quantitative estimate of drug-likeness (QED) is 0.850. The van der Waals surface area contributed by atoms with Crippen LogP contribution in [0.1, 0.15) is 5.56 Å². The largest absolute Gasteiger partial charge is 0.279 e. The molecule has 1 N–H and O–H groups in total. The van der Waals surface area contributed by atoms with Crippen LogP contribution in [-0.2, 0) is 10.0 Å². The number of nitrogens with one attached hydrogen (secondary N) is 1. The average molecular weight is 362 g/mol. The Morgan fingerprint density at radius 1 is 1.26 bits per heavy atom. The van der Waals surface area contributed by atoms with Crippen molar-refractivity contribution in [3.8, 4) is 0 Å². The number of aryl methyl sites for hydroxylation is 1. The van der Waals surface area contributed by atoms with Crippen molar-refractivity contribution in [1.82, 2.24) is 4.98 Å². The van der Waals surface area contributed by atoms with Gasteiger partial charge in [0.1, 0.15) is 5.15 Å².